The van der Waals surface area contributed by atoms with E-state index in [0.717, 1.165) is 36.6 Å². The van der Waals surface area contributed by atoms with Crippen molar-refractivity contribution in [2.24, 2.45) is 0 Å². The maximum absolute atomic E-state index is 4.54. The Morgan fingerprint density at radius 3 is 2.35 bits per heavy atom. The number of rotatable bonds is 6. The summed E-state index contributed by atoms with van der Waals surface area (Å²) in [5.41, 5.74) is 3.48. The molecule has 0 saturated heterocycles. The van der Waals surface area contributed by atoms with Gasteiger partial charge in [0.05, 0.1) is 0 Å². The molecule has 4 nitrogen and oxygen atoms in total. The van der Waals surface area contributed by atoms with Gasteiger partial charge < -0.3 is 10.6 Å². The van der Waals surface area contributed by atoms with E-state index in [-0.39, 0.29) is 5.41 Å². The Hall–Kier alpha value is -2.10. The van der Waals surface area contributed by atoms with Crippen molar-refractivity contribution in [1.82, 2.24) is 9.97 Å². The highest BCUT2D eigenvalue weighted by atomic mass is 15.1. The summed E-state index contributed by atoms with van der Waals surface area (Å²) < 4.78 is 0. The summed E-state index contributed by atoms with van der Waals surface area (Å²) >= 11 is 0. The number of nitrogens with zero attached hydrogens (tertiary/aromatic N) is 2. The smallest absolute Gasteiger partial charge is 0.224 e. The Kier molecular flexibility index (Phi) is 5.59. The third kappa shape index (κ3) is 5.23. The minimum Gasteiger partial charge on any atom is -0.354 e. The summed E-state index contributed by atoms with van der Waals surface area (Å²) in [4.78, 5) is 8.97. The molecule has 1 aromatic heterocycles. The first-order chi connectivity index (χ1) is 10.9. The van der Waals surface area contributed by atoms with Crippen LogP contribution in [-0.4, -0.2) is 16.5 Å². The lowest BCUT2D eigenvalue weighted by atomic mass is 9.87. The number of anilines is 3. The van der Waals surface area contributed by atoms with Crippen molar-refractivity contribution in [2.75, 3.05) is 17.2 Å². The lowest BCUT2D eigenvalue weighted by Gasteiger charge is -2.19. The van der Waals surface area contributed by atoms with Gasteiger partial charge in [0, 0.05) is 24.0 Å². The minimum atomic E-state index is 0.167. The zero-order chi connectivity index (χ0) is 16.9. The highest BCUT2D eigenvalue weighted by molar-refractivity contribution is 5.58. The fraction of sp³-hybridized carbons (Fsp3) is 0.474. The molecule has 0 radical (unpaired) electrons. The molecular weight excluding hydrogens is 284 g/mol. The van der Waals surface area contributed by atoms with Crippen molar-refractivity contribution in [1.29, 1.82) is 0 Å². The van der Waals surface area contributed by atoms with Crippen LogP contribution in [0.5, 0.6) is 0 Å². The SMILES string of the molecule is CCCCNc1nc(C)cc(Nc2ccc(C(C)(C)C)cc2)n1. The second kappa shape index (κ2) is 7.44. The van der Waals surface area contributed by atoms with Crippen molar-refractivity contribution in [3.63, 3.8) is 0 Å². The number of hydrogen-bond donors (Lipinski definition) is 2. The number of nitrogens with one attached hydrogen (secondary N) is 2. The standard InChI is InChI=1S/C19H28N4/c1-6-7-12-20-18-21-14(2)13-17(23-18)22-16-10-8-15(9-11-16)19(3,4)5/h8-11,13H,6-7,12H2,1-5H3,(H2,20,21,22,23). The van der Waals surface area contributed by atoms with Crippen LogP contribution in [0.4, 0.5) is 17.5 Å². The van der Waals surface area contributed by atoms with Gasteiger partial charge >= 0.3 is 0 Å². The number of hydrogen-bond acceptors (Lipinski definition) is 4. The van der Waals surface area contributed by atoms with Crippen LogP contribution in [0, 0.1) is 6.92 Å². The molecule has 4 heteroatoms. The Morgan fingerprint density at radius 1 is 1.04 bits per heavy atom. The molecule has 2 aromatic rings. The molecule has 0 spiro atoms. The fourth-order valence-corrected chi connectivity index (χ4v) is 2.29. The van der Waals surface area contributed by atoms with Gasteiger partial charge in [0.2, 0.25) is 5.95 Å². The molecule has 0 atom stereocenters. The first-order valence-electron chi connectivity index (χ1n) is 8.35. The molecule has 0 aliphatic rings. The van der Waals surface area contributed by atoms with E-state index in [1.54, 1.807) is 0 Å². The van der Waals surface area contributed by atoms with Crippen LogP contribution in [0.25, 0.3) is 0 Å². The van der Waals surface area contributed by atoms with Gasteiger partial charge in [-0.1, -0.05) is 46.2 Å². The molecule has 2 N–H and O–H groups in total. The second-order valence-electron chi connectivity index (χ2n) is 6.95. The summed E-state index contributed by atoms with van der Waals surface area (Å²) in [6, 6.07) is 10.5. The van der Waals surface area contributed by atoms with Crippen molar-refractivity contribution < 1.29 is 0 Å². The van der Waals surface area contributed by atoms with Gasteiger partial charge in [-0.05, 0) is 36.5 Å². The maximum atomic E-state index is 4.54. The van der Waals surface area contributed by atoms with Crippen LogP contribution in [0.1, 0.15) is 51.8 Å². The molecule has 0 saturated carbocycles. The monoisotopic (exact) mass is 312 g/mol. The summed E-state index contributed by atoms with van der Waals surface area (Å²) in [5.74, 6) is 1.51. The Labute approximate surface area is 139 Å². The van der Waals surface area contributed by atoms with Crippen molar-refractivity contribution in [2.45, 2.75) is 52.9 Å². The van der Waals surface area contributed by atoms with Crippen molar-refractivity contribution in [3.05, 3.63) is 41.6 Å². The Morgan fingerprint density at radius 2 is 1.74 bits per heavy atom. The van der Waals surface area contributed by atoms with E-state index in [0.29, 0.717) is 5.95 Å². The molecule has 2 rings (SSSR count). The first-order valence-corrected chi connectivity index (χ1v) is 8.35. The van der Waals surface area contributed by atoms with Gasteiger partial charge in [-0.3, -0.25) is 0 Å². The van der Waals surface area contributed by atoms with E-state index in [1.165, 1.54) is 5.56 Å². The predicted octanol–water partition coefficient (Wildman–Crippen LogP) is 5.04. The van der Waals surface area contributed by atoms with Gasteiger partial charge in [-0.2, -0.15) is 4.98 Å². The van der Waals surface area contributed by atoms with E-state index in [4.69, 9.17) is 0 Å². The van der Waals surface area contributed by atoms with Gasteiger partial charge in [0.15, 0.2) is 0 Å². The molecule has 124 valence electrons. The number of aryl methyl sites for hydroxylation is 1. The molecule has 0 unspecified atom stereocenters. The number of aromatic nitrogens is 2. The molecule has 1 heterocycles. The van der Waals surface area contributed by atoms with Crippen LogP contribution in [0.3, 0.4) is 0 Å². The zero-order valence-electron chi connectivity index (χ0n) is 14.9. The van der Waals surface area contributed by atoms with E-state index < -0.39 is 0 Å². The lowest BCUT2D eigenvalue weighted by molar-refractivity contribution is 0.590. The van der Waals surface area contributed by atoms with Crippen LogP contribution >= 0.6 is 0 Å². The average molecular weight is 312 g/mol. The molecule has 0 amide bonds. The van der Waals surface area contributed by atoms with E-state index >= 15 is 0 Å². The normalized spacial score (nSPS) is 11.3. The van der Waals surface area contributed by atoms with Gasteiger partial charge in [-0.25, -0.2) is 4.98 Å². The highest BCUT2D eigenvalue weighted by Gasteiger charge is 2.12. The highest BCUT2D eigenvalue weighted by Crippen LogP contribution is 2.24. The fourth-order valence-electron chi connectivity index (χ4n) is 2.29. The second-order valence-corrected chi connectivity index (χ2v) is 6.95. The Bertz CT molecular complexity index is 627. The minimum absolute atomic E-state index is 0.167. The molecule has 0 bridgehead atoms. The van der Waals surface area contributed by atoms with Gasteiger partial charge in [0.25, 0.3) is 0 Å². The molecule has 1 aromatic carbocycles. The van der Waals surface area contributed by atoms with Crippen molar-refractivity contribution >= 4 is 17.5 Å². The average Bonchev–Trinajstić information content (AvgIpc) is 2.46. The summed E-state index contributed by atoms with van der Waals surface area (Å²) in [6.45, 7) is 11.7. The number of benzene rings is 1. The molecule has 0 fully saturated rings. The first kappa shape index (κ1) is 17.3. The summed E-state index contributed by atoms with van der Waals surface area (Å²) in [7, 11) is 0. The van der Waals surface area contributed by atoms with E-state index in [2.05, 4.69) is 72.6 Å². The predicted molar refractivity (Wildman–Crippen MR) is 98.6 cm³/mol. The summed E-state index contributed by atoms with van der Waals surface area (Å²) in [6.07, 6.45) is 2.28. The lowest BCUT2D eigenvalue weighted by Crippen LogP contribution is -2.10. The van der Waals surface area contributed by atoms with Crippen LogP contribution in [0.15, 0.2) is 30.3 Å². The third-order valence-corrected chi connectivity index (χ3v) is 3.69. The van der Waals surface area contributed by atoms with Crippen LogP contribution in [0.2, 0.25) is 0 Å². The van der Waals surface area contributed by atoms with Gasteiger partial charge in [-0.15, -0.1) is 0 Å². The zero-order valence-corrected chi connectivity index (χ0v) is 14.9. The van der Waals surface area contributed by atoms with Crippen LogP contribution in [-0.2, 0) is 5.41 Å². The molecule has 0 aliphatic carbocycles. The summed E-state index contributed by atoms with van der Waals surface area (Å²) in [5, 5.41) is 6.64. The molecule has 23 heavy (non-hydrogen) atoms. The van der Waals surface area contributed by atoms with Gasteiger partial charge in [0.1, 0.15) is 5.82 Å². The van der Waals surface area contributed by atoms with Crippen molar-refractivity contribution in [3.8, 4) is 0 Å². The topological polar surface area (TPSA) is 49.8 Å². The van der Waals surface area contributed by atoms with Crippen LogP contribution < -0.4 is 10.6 Å². The van der Waals surface area contributed by atoms with E-state index in [1.807, 2.05) is 13.0 Å². The number of unbranched alkanes of at least 4 members (excludes halogenated alkanes) is 1. The maximum Gasteiger partial charge on any atom is 0.224 e. The molecule has 0 aliphatic heterocycles. The molecular formula is C19H28N4. The quantitative estimate of drug-likeness (QED) is 0.734. The largest absolute Gasteiger partial charge is 0.354 e. The third-order valence-electron chi connectivity index (χ3n) is 3.69. The Balaban J connectivity index is 2.10. The van der Waals surface area contributed by atoms with E-state index in [9.17, 15) is 0 Å².